The first-order chi connectivity index (χ1) is 15.9. The molecule has 1 atom stereocenters. The molecule has 0 spiro atoms. The number of hydrogen-bond donors (Lipinski definition) is 0. The van der Waals surface area contributed by atoms with Crippen LogP contribution in [-0.2, 0) is 13.0 Å². The fourth-order valence-electron chi connectivity index (χ4n) is 4.70. The van der Waals surface area contributed by atoms with Crippen LogP contribution in [0, 0.1) is 24.5 Å². The van der Waals surface area contributed by atoms with E-state index in [1.807, 2.05) is 0 Å². The highest BCUT2D eigenvalue weighted by Gasteiger charge is 2.33. The molecule has 0 bridgehead atoms. The number of likely N-dealkylation sites (N-methyl/N-ethyl adjacent to an activating group) is 1. The zero-order chi connectivity index (χ0) is 23.4. The number of furan rings is 1. The maximum atomic E-state index is 14.5. The van der Waals surface area contributed by atoms with E-state index in [1.54, 1.807) is 24.1 Å². The molecule has 2 heterocycles. The molecule has 4 rings (SSSR count). The lowest BCUT2D eigenvalue weighted by molar-refractivity contribution is 0.0554. The Hall–Kier alpha value is -2.99. The Morgan fingerprint density at radius 3 is 2.48 bits per heavy atom. The zero-order valence-electron chi connectivity index (χ0n) is 19.1. The minimum Gasteiger partial charge on any atom is -0.459 e. The molecule has 1 aliphatic rings. The molecule has 0 saturated carbocycles. The highest BCUT2D eigenvalue weighted by Crippen LogP contribution is 2.29. The summed E-state index contributed by atoms with van der Waals surface area (Å²) in [6.07, 6.45) is 3.60. The number of piperidine rings is 1. The van der Waals surface area contributed by atoms with Crippen molar-refractivity contribution in [1.82, 2.24) is 9.80 Å². The third-order valence-corrected chi connectivity index (χ3v) is 6.70. The van der Waals surface area contributed by atoms with E-state index < -0.39 is 11.6 Å². The summed E-state index contributed by atoms with van der Waals surface area (Å²) in [7, 11) is 1.75. The highest BCUT2D eigenvalue weighted by molar-refractivity contribution is 5.91. The van der Waals surface area contributed by atoms with Gasteiger partial charge in [0.05, 0.1) is 6.26 Å². The van der Waals surface area contributed by atoms with Crippen molar-refractivity contribution in [3.05, 3.63) is 94.9 Å². The lowest BCUT2D eigenvalue weighted by atomic mass is 9.84. The summed E-state index contributed by atoms with van der Waals surface area (Å²) in [6, 6.07) is 15.3. The van der Waals surface area contributed by atoms with Crippen molar-refractivity contribution >= 4 is 5.91 Å². The van der Waals surface area contributed by atoms with Gasteiger partial charge in [0.25, 0.3) is 5.91 Å². The average Bonchev–Trinajstić information content (AvgIpc) is 3.35. The number of likely N-dealkylation sites (tertiary alicyclic amines) is 1. The minimum absolute atomic E-state index is 0.202. The minimum atomic E-state index is -0.600. The molecular weight excluding hydrogens is 422 g/mol. The summed E-state index contributed by atoms with van der Waals surface area (Å²) in [6.45, 7) is 4.79. The molecule has 0 aliphatic carbocycles. The second kappa shape index (κ2) is 10.3. The molecular formula is C27H30F2N2O2. The van der Waals surface area contributed by atoms with E-state index in [9.17, 15) is 13.6 Å². The molecule has 6 heteroatoms. The number of nitrogens with zero attached hydrogens (tertiary/aromatic N) is 2. The van der Waals surface area contributed by atoms with Gasteiger partial charge >= 0.3 is 0 Å². The van der Waals surface area contributed by atoms with Gasteiger partial charge in [-0.05, 0) is 74.5 Å². The van der Waals surface area contributed by atoms with Gasteiger partial charge in [0.2, 0.25) is 0 Å². The molecule has 2 aromatic carbocycles. The zero-order valence-corrected chi connectivity index (χ0v) is 19.1. The van der Waals surface area contributed by atoms with Gasteiger partial charge in [0.15, 0.2) is 5.76 Å². The second-order valence-electron chi connectivity index (χ2n) is 9.00. The van der Waals surface area contributed by atoms with Crippen LogP contribution in [0.15, 0.2) is 65.3 Å². The van der Waals surface area contributed by atoms with Crippen LogP contribution in [0.1, 0.15) is 40.1 Å². The van der Waals surface area contributed by atoms with Crippen molar-refractivity contribution in [2.45, 2.75) is 38.8 Å². The SMILES string of the molecule is Cc1ccc(CN2CCC([C@@H](Cc3ccc(F)cc3F)N(C)C(=O)c3ccco3)CC2)cc1. The Balaban J connectivity index is 1.48. The standard InChI is InChI=1S/C27H30F2N2O2/c1-19-5-7-20(8-6-19)18-31-13-11-21(12-14-31)25(16-22-9-10-23(28)17-24(22)29)30(2)27(32)26-4-3-15-33-26/h3-10,15,17,21,25H,11-14,16,18H2,1-2H3/t25-/m1/s1. The first kappa shape index (κ1) is 23.2. The Morgan fingerprint density at radius 2 is 1.85 bits per heavy atom. The number of hydrogen-bond acceptors (Lipinski definition) is 3. The van der Waals surface area contributed by atoms with Gasteiger partial charge in [-0.25, -0.2) is 8.78 Å². The molecule has 1 saturated heterocycles. The number of carbonyl (C=O) groups excluding carboxylic acids is 1. The molecule has 0 N–H and O–H groups in total. The van der Waals surface area contributed by atoms with E-state index in [4.69, 9.17) is 4.42 Å². The molecule has 1 fully saturated rings. The number of rotatable bonds is 7. The predicted molar refractivity (Wildman–Crippen MR) is 124 cm³/mol. The quantitative estimate of drug-likeness (QED) is 0.478. The van der Waals surface area contributed by atoms with Gasteiger partial charge in [-0.2, -0.15) is 0 Å². The summed E-state index contributed by atoms with van der Waals surface area (Å²) in [5.41, 5.74) is 2.95. The van der Waals surface area contributed by atoms with Crippen LogP contribution >= 0.6 is 0 Å². The van der Waals surface area contributed by atoms with E-state index in [-0.39, 0.29) is 23.6 Å². The summed E-state index contributed by atoms with van der Waals surface area (Å²) in [5.74, 6) is -0.936. The van der Waals surface area contributed by atoms with Crippen molar-refractivity contribution in [2.75, 3.05) is 20.1 Å². The predicted octanol–water partition coefficient (Wildman–Crippen LogP) is 5.46. The van der Waals surface area contributed by atoms with E-state index in [0.717, 1.165) is 38.5 Å². The summed E-state index contributed by atoms with van der Waals surface area (Å²) in [5, 5.41) is 0. The highest BCUT2D eigenvalue weighted by atomic mass is 19.1. The van der Waals surface area contributed by atoms with Crippen LogP contribution in [0.3, 0.4) is 0 Å². The normalized spacial score (nSPS) is 16.0. The molecule has 4 nitrogen and oxygen atoms in total. The first-order valence-corrected chi connectivity index (χ1v) is 11.4. The van der Waals surface area contributed by atoms with Gasteiger partial charge in [0, 0.05) is 25.7 Å². The van der Waals surface area contributed by atoms with Crippen molar-refractivity contribution in [2.24, 2.45) is 5.92 Å². The molecule has 0 unspecified atom stereocenters. The Morgan fingerprint density at radius 1 is 1.12 bits per heavy atom. The van der Waals surface area contributed by atoms with Gasteiger partial charge in [-0.3, -0.25) is 9.69 Å². The van der Waals surface area contributed by atoms with E-state index in [2.05, 4.69) is 36.1 Å². The van der Waals surface area contributed by atoms with Crippen LogP contribution in [0.2, 0.25) is 0 Å². The van der Waals surface area contributed by atoms with Crippen LogP contribution in [0.25, 0.3) is 0 Å². The van der Waals surface area contributed by atoms with Crippen molar-refractivity contribution in [3.63, 3.8) is 0 Å². The van der Waals surface area contributed by atoms with Gasteiger partial charge in [-0.15, -0.1) is 0 Å². The lowest BCUT2D eigenvalue weighted by Crippen LogP contribution is -2.47. The largest absolute Gasteiger partial charge is 0.459 e. The first-order valence-electron chi connectivity index (χ1n) is 11.4. The third-order valence-electron chi connectivity index (χ3n) is 6.70. The summed E-state index contributed by atoms with van der Waals surface area (Å²) in [4.78, 5) is 17.1. The maximum absolute atomic E-state index is 14.5. The summed E-state index contributed by atoms with van der Waals surface area (Å²) >= 11 is 0. The molecule has 1 aliphatic heterocycles. The van der Waals surface area contributed by atoms with Crippen molar-refractivity contribution in [1.29, 1.82) is 0 Å². The lowest BCUT2D eigenvalue weighted by Gasteiger charge is -2.40. The number of aryl methyl sites for hydroxylation is 1. The van der Waals surface area contributed by atoms with Gasteiger partial charge in [0.1, 0.15) is 11.6 Å². The topological polar surface area (TPSA) is 36.7 Å². The number of amides is 1. The summed E-state index contributed by atoms with van der Waals surface area (Å²) < 4.78 is 33.2. The number of carbonyl (C=O) groups is 1. The van der Waals surface area contributed by atoms with E-state index >= 15 is 0 Å². The van der Waals surface area contributed by atoms with Crippen molar-refractivity contribution < 1.29 is 18.0 Å². The second-order valence-corrected chi connectivity index (χ2v) is 9.00. The average molecular weight is 453 g/mol. The van der Waals surface area contributed by atoms with Gasteiger partial charge < -0.3 is 9.32 Å². The maximum Gasteiger partial charge on any atom is 0.289 e. The smallest absolute Gasteiger partial charge is 0.289 e. The Kier molecular flexibility index (Phi) is 7.23. The Labute approximate surface area is 193 Å². The van der Waals surface area contributed by atoms with Crippen LogP contribution in [0.4, 0.5) is 8.78 Å². The number of halogens is 2. The fraction of sp³-hybridized carbons (Fsp3) is 0.370. The monoisotopic (exact) mass is 452 g/mol. The molecule has 174 valence electrons. The van der Waals surface area contributed by atoms with Crippen LogP contribution in [-0.4, -0.2) is 41.9 Å². The fourth-order valence-corrected chi connectivity index (χ4v) is 4.70. The van der Waals surface area contributed by atoms with Gasteiger partial charge in [-0.1, -0.05) is 35.9 Å². The third kappa shape index (κ3) is 5.69. The van der Waals surface area contributed by atoms with Crippen molar-refractivity contribution in [3.8, 4) is 0 Å². The number of benzene rings is 2. The molecule has 33 heavy (non-hydrogen) atoms. The van der Waals surface area contributed by atoms with E-state index in [0.29, 0.717) is 12.0 Å². The molecule has 1 amide bonds. The molecule has 0 radical (unpaired) electrons. The molecule has 3 aromatic rings. The van der Waals surface area contributed by atoms with E-state index in [1.165, 1.54) is 29.5 Å². The van der Waals surface area contributed by atoms with Crippen LogP contribution < -0.4 is 0 Å². The molecule has 1 aromatic heterocycles. The Bertz CT molecular complexity index is 1060. The van der Waals surface area contributed by atoms with Crippen LogP contribution in [0.5, 0.6) is 0 Å².